The van der Waals surface area contributed by atoms with E-state index in [1.807, 2.05) is 13.0 Å². The van der Waals surface area contributed by atoms with Crippen molar-refractivity contribution >= 4 is 5.78 Å². The molecule has 0 unspecified atom stereocenters. The molecule has 0 fully saturated rings. The molecule has 0 aromatic heterocycles. The van der Waals surface area contributed by atoms with Crippen LogP contribution in [0.1, 0.15) is 34.0 Å². The van der Waals surface area contributed by atoms with E-state index in [0.717, 1.165) is 5.56 Å². The number of hydrogen-bond acceptors (Lipinski definition) is 3. The van der Waals surface area contributed by atoms with Crippen molar-refractivity contribution in [3.8, 4) is 11.8 Å². The van der Waals surface area contributed by atoms with Gasteiger partial charge in [0.25, 0.3) is 0 Å². The molecule has 4 heteroatoms. The Balaban J connectivity index is 2.25. The third kappa shape index (κ3) is 3.26. The normalized spacial score (nSPS) is 10.0. The van der Waals surface area contributed by atoms with Crippen LogP contribution in [0.25, 0.3) is 0 Å². The quantitative estimate of drug-likeness (QED) is 0.802. The van der Waals surface area contributed by atoms with Crippen molar-refractivity contribution in [2.45, 2.75) is 20.5 Å². The first kappa shape index (κ1) is 14.7. The van der Waals surface area contributed by atoms with Crippen molar-refractivity contribution < 1.29 is 13.9 Å². The zero-order chi connectivity index (χ0) is 15.4. The number of rotatable bonds is 4. The molecule has 0 radical (unpaired) electrons. The van der Waals surface area contributed by atoms with E-state index in [-0.39, 0.29) is 23.5 Å². The monoisotopic (exact) mass is 283 g/mol. The molecule has 0 aliphatic carbocycles. The second kappa shape index (κ2) is 6.19. The largest absolute Gasteiger partial charge is 0.488 e. The third-order valence-corrected chi connectivity index (χ3v) is 3.10. The van der Waals surface area contributed by atoms with Crippen molar-refractivity contribution in [1.29, 1.82) is 5.26 Å². The Kier molecular flexibility index (Phi) is 4.34. The Morgan fingerprint density at radius 1 is 1.33 bits per heavy atom. The minimum atomic E-state index is -0.587. The van der Waals surface area contributed by atoms with Crippen LogP contribution >= 0.6 is 0 Å². The lowest BCUT2D eigenvalue weighted by atomic mass is 10.1. The third-order valence-electron chi connectivity index (χ3n) is 3.10. The molecule has 0 aliphatic heterocycles. The Labute approximate surface area is 122 Å². The molecule has 0 spiro atoms. The average Bonchev–Trinajstić information content (AvgIpc) is 2.47. The van der Waals surface area contributed by atoms with Gasteiger partial charge < -0.3 is 4.74 Å². The first-order valence-electron chi connectivity index (χ1n) is 6.45. The van der Waals surface area contributed by atoms with Gasteiger partial charge in [0.05, 0.1) is 11.1 Å². The zero-order valence-corrected chi connectivity index (χ0v) is 11.8. The van der Waals surface area contributed by atoms with Crippen LogP contribution in [0.15, 0.2) is 36.4 Å². The molecule has 3 nitrogen and oxygen atoms in total. The van der Waals surface area contributed by atoms with Crippen LogP contribution in [0.5, 0.6) is 5.75 Å². The number of ketones is 1. The minimum Gasteiger partial charge on any atom is -0.488 e. The van der Waals surface area contributed by atoms with E-state index in [1.165, 1.54) is 13.0 Å². The van der Waals surface area contributed by atoms with Crippen LogP contribution < -0.4 is 4.74 Å². The van der Waals surface area contributed by atoms with Gasteiger partial charge in [0, 0.05) is 5.56 Å². The van der Waals surface area contributed by atoms with Gasteiger partial charge in [0.15, 0.2) is 5.78 Å². The van der Waals surface area contributed by atoms with Crippen molar-refractivity contribution in [1.82, 2.24) is 0 Å². The van der Waals surface area contributed by atoms with Crippen LogP contribution in [0.3, 0.4) is 0 Å². The molecule has 2 aromatic rings. The predicted octanol–water partition coefficient (Wildman–Crippen LogP) is 3.79. The maximum Gasteiger partial charge on any atom is 0.163 e. The van der Waals surface area contributed by atoms with Gasteiger partial charge in [0.1, 0.15) is 24.2 Å². The van der Waals surface area contributed by atoms with Crippen LogP contribution in [0.2, 0.25) is 0 Å². The topological polar surface area (TPSA) is 50.1 Å². The fraction of sp³-hybridized carbons (Fsp3) is 0.176. The number of Topliss-reactive ketones (excluding diaryl/α,β-unsaturated/α-hetero) is 1. The lowest BCUT2D eigenvalue weighted by Crippen LogP contribution is -2.04. The Hall–Kier alpha value is -2.67. The van der Waals surface area contributed by atoms with Gasteiger partial charge in [-0.1, -0.05) is 23.8 Å². The summed E-state index contributed by atoms with van der Waals surface area (Å²) in [6, 6.07) is 11.6. The molecule has 0 saturated carbocycles. The molecular formula is C17H14FNO2. The van der Waals surface area contributed by atoms with Crippen LogP contribution in [-0.2, 0) is 6.61 Å². The molecule has 0 amide bonds. The number of ether oxygens (including phenoxy) is 1. The highest BCUT2D eigenvalue weighted by atomic mass is 19.1. The van der Waals surface area contributed by atoms with Crippen LogP contribution in [0, 0.1) is 24.1 Å². The number of hydrogen-bond donors (Lipinski definition) is 0. The summed E-state index contributed by atoms with van der Waals surface area (Å²) >= 11 is 0. The van der Waals surface area contributed by atoms with E-state index in [2.05, 4.69) is 0 Å². The molecule has 0 N–H and O–H groups in total. The van der Waals surface area contributed by atoms with Gasteiger partial charge in [-0.15, -0.1) is 0 Å². The highest BCUT2D eigenvalue weighted by Gasteiger charge is 2.12. The first-order valence-corrected chi connectivity index (χ1v) is 6.45. The van der Waals surface area contributed by atoms with Gasteiger partial charge >= 0.3 is 0 Å². The van der Waals surface area contributed by atoms with Gasteiger partial charge in [0.2, 0.25) is 0 Å². The molecule has 0 saturated heterocycles. The maximum atomic E-state index is 13.9. The number of nitrogens with zero attached hydrogens (tertiary/aromatic N) is 1. The molecule has 2 rings (SSSR count). The van der Waals surface area contributed by atoms with E-state index in [9.17, 15) is 9.18 Å². The summed E-state index contributed by atoms with van der Waals surface area (Å²) in [5, 5.41) is 8.80. The average molecular weight is 283 g/mol. The molecule has 0 aliphatic rings. The van der Waals surface area contributed by atoms with E-state index in [0.29, 0.717) is 11.3 Å². The summed E-state index contributed by atoms with van der Waals surface area (Å²) in [5.74, 6) is -0.286. The van der Waals surface area contributed by atoms with Crippen molar-refractivity contribution in [3.05, 3.63) is 64.5 Å². The summed E-state index contributed by atoms with van der Waals surface area (Å²) in [6.07, 6.45) is 0. The molecule has 0 heterocycles. The lowest BCUT2D eigenvalue weighted by Gasteiger charge is -2.11. The van der Waals surface area contributed by atoms with Gasteiger partial charge in [-0.05, 0) is 32.0 Å². The minimum absolute atomic E-state index is 0.0215. The number of carbonyl (C=O) groups excluding carboxylic acids is 1. The number of nitriles is 1. The highest BCUT2D eigenvalue weighted by Crippen LogP contribution is 2.22. The zero-order valence-electron chi connectivity index (χ0n) is 11.8. The van der Waals surface area contributed by atoms with Gasteiger partial charge in [-0.25, -0.2) is 4.39 Å². The fourth-order valence-electron chi connectivity index (χ4n) is 1.98. The molecule has 0 atom stereocenters. The molecule has 21 heavy (non-hydrogen) atoms. The number of aryl methyl sites for hydroxylation is 1. The van der Waals surface area contributed by atoms with E-state index >= 15 is 0 Å². The fourth-order valence-corrected chi connectivity index (χ4v) is 1.98. The van der Waals surface area contributed by atoms with Crippen molar-refractivity contribution in [2.75, 3.05) is 0 Å². The highest BCUT2D eigenvalue weighted by molar-refractivity contribution is 5.97. The summed E-state index contributed by atoms with van der Waals surface area (Å²) < 4.78 is 19.5. The van der Waals surface area contributed by atoms with Crippen molar-refractivity contribution in [2.24, 2.45) is 0 Å². The van der Waals surface area contributed by atoms with Gasteiger partial charge in [-0.2, -0.15) is 5.26 Å². The molecule has 0 bridgehead atoms. The summed E-state index contributed by atoms with van der Waals surface area (Å²) in [5.41, 5.74) is 1.67. The lowest BCUT2D eigenvalue weighted by molar-refractivity contribution is 0.101. The van der Waals surface area contributed by atoms with Gasteiger partial charge in [-0.3, -0.25) is 4.79 Å². The second-order valence-corrected chi connectivity index (χ2v) is 4.73. The van der Waals surface area contributed by atoms with E-state index < -0.39 is 5.82 Å². The van der Waals surface area contributed by atoms with Crippen LogP contribution in [0.4, 0.5) is 4.39 Å². The van der Waals surface area contributed by atoms with Crippen LogP contribution in [-0.4, -0.2) is 5.78 Å². The SMILES string of the molecule is CC(=O)c1cc(C)ccc1OCc1cccc(C#N)c1F. The predicted molar refractivity (Wildman–Crippen MR) is 76.6 cm³/mol. The smallest absolute Gasteiger partial charge is 0.163 e. The molecular weight excluding hydrogens is 269 g/mol. The molecule has 2 aromatic carbocycles. The first-order chi connectivity index (χ1) is 10.0. The summed E-state index contributed by atoms with van der Waals surface area (Å²) in [6.45, 7) is 3.30. The summed E-state index contributed by atoms with van der Waals surface area (Å²) in [4.78, 5) is 11.6. The Morgan fingerprint density at radius 3 is 2.76 bits per heavy atom. The second-order valence-electron chi connectivity index (χ2n) is 4.73. The molecule has 106 valence electrons. The van der Waals surface area contributed by atoms with Crippen molar-refractivity contribution in [3.63, 3.8) is 0 Å². The standard InChI is InChI=1S/C17H14FNO2/c1-11-6-7-16(15(8-11)12(2)20)21-10-14-5-3-4-13(9-19)17(14)18/h3-8H,10H2,1-2H3. The number of carbonyl (C=O) groups is 1. The van der Waals surface area contributed by atoms with E-state index in [4.69, 9.17) is 10.00 Å². The Bertz CT molecular complexity index is 732. The number of halogens is 1. The maximum absolute atomic E-state index is 13.9. The van der Waals surface area contributed by atoms with E-state index in [1.54, 1.807) is 30.3 Å². The Morgan fingerprint density at radius 2 is 2.10 bits per heavy atom. The summed E-state index contributed by atoms with van der Waals surface area (Å²) in [7, 11) is 0. The number of benzene rings is 2.